The van der Waals surface area contributed by atoms with E-state index in [0.717, 1.165) is 81.7 Å². The van der Waals surface area contributed by atoms with Crippen molar-refractivity contribution >= 4 is 43.1 Å². The summed E-state index contributed by atoms with van der Waals surface area (Å²) >= 11 is 0. The van der Waals surface area contributed by atoms with Gasteiger partial charge in [-0.1, -0.05) is 31.7 Å². The summed E-state index contributed by atoms with van der Waals surface area (Å²) in [5.74, 6) is 0.509. The molecular formula is C36H47N3O7S2. The van der Waals surface area contributed by atoms with Gasteiger partial charge in [-0.15, -0.1) is 0 Å². The zero-order valence-corrected chi connectivity index (χ0v) is 30.0. The molecule has 260 valence electrons. The van der Waals surface area contributed by atoms with E-state index in [9.17, 15) is 26.2 Å². The summed E-state index contributed by atoms with van der Waals surface area (Å²) in [6.45, 7) is 11.5. The fourth-order valence-corrected chi connectivity index (χ4v) is 8.05. The quantitative estimate of drug-likeness (QED) is 0.0441. The van der Waals surface area contributed by atoms with Crippen LogP contribution in [0.2, 0.25) is 0 Å². The monoisotopic (exact) mass is 697 g/mol. The third-order valence-electron chi connectivity index (χ3n) is 8.79. The summed E-state index contributed by atoms with van der Waals surface area (Å²) in [5, 5.41) is 1.53. The fraction of sp³-hybridized carbons (Fsp3) is 0.444. The first-order valence-electron chi connectivity index (χ1n) is 16.9. The Hall–Kier alpha value is -3.58. The number of fused-ring (bicyclic) bond motifs is 2. The van der Waals surface area contributed by atoms with Gasteiger partial charge in [-0.25, -0.2) is 26.1 Å². The molecule has 0 spiro atoms. The van der Waals surface area contributed by atoms with Crippen molar-refractivity contribution < 1.29 is 30.6 Å². The molecule has 0 saturated carbocycles. The standard InChI is InChI=1S/C36H47N3O7S2/c1-5-38(6-2)27-16-19-30-33(24-27)46-34-25-28(39(7-3)8-4)17-20-31(34)36(30)32-21-18-29(26-35(32)48(43,44)45)47(41,42)37-22-14-12-10-9-11-13-15-23-40/h16-21,23-26,37H,5-15,22H2,1-4H3. The largest absolute Gasteiger partial charge is 0.744 e. The van der Waals surface area contributed by atoms with Crippen molar-refractivity contribution in [2.75, 3.05) is 37.6 Å². The van der Waals surface area contributed by atoms with Crippen LogP contribution in [0, 0.1) is 0 Å². The van der Waals surface area contributed by atoms with Crippen molar-refractivity contribution in [3.05, 3.63) is 60.0 Å². The Bertz CT molecular complexity index is 1980. The SMILES string of the molecule is CCN(CC)c1ccc2c(-c3ccc(S(=O)(=O)NCCCCCCCCC=O)cc3S(=O)(=O)[O-])c3ccc(=[N+](CC)CC)cc-3oc2c1. The Balaban J connectivity index is 1.81. The van der Waals surface area contributed by atoms with Gasteiger partial charge in [0, 0.05) is 66.0 Å². The summed E-state index contributed by atoms with van der Waals surface area (Å²) in [7, 11) is -9.21. The smallest absolute Gasteiger partial charge is 0.240 e. The maximum absolute atomic E-state index is 13.2. The number of anilines is 1. The van der Waals surface area contributed by atoms with E-state index in [1.807, 2.05) is 36.4 Å². The van der Waals surface area contributed by atoms with Crippen molar-refractivity contribution in [1.29, 1.82) is 0 Å². The molecule has 0 fully saturated rings. The van der Waals surface area contributed by atoms with E-state index < -0.39 is 25.0 Å². The molecule has 10 nitrogen and oxygen atoms in total. The number of rotatable bonds is 18. The highest BCUT2D eigenvalue weighted by Crippen LogP contribution is 2.43. The molecule has 0 radical (unpaired) electrons. The van der Waals surface area contributed by atoms with Crippen LogP contribution in [0.15, 0.2) is 68.8 Å². The zero-order chi connectivity index (χ0) is 34.9. The molecule has 1 aliphatic carbocycles. The molecule has 2 aromatic carbocycles. The molecule has 0 aromatic heterocycles. The number of carbonyl (C=O) groups excluding carboxylic acids is 1. The molecule has 2 aromatic rings. The molecule has 1 heterocycles. The van der Waals surface area contributed by atoms with Gasteiger partial charge in [-0.2, -0.15) is 0 Å². The number of unbranched alkanes of at least 4 members (excludes halogenated alkanes) is 6. The molecule has 4 rings (SSSR count). The molecule has 0 atom stereocenters. The lowest BCUT2D eigenvalue weighted by Crippen LogP contribution is -2.29. The summed E-state index contributed by atoms with van der Waals surface area (Å²) < 4.78 is 76.1. The van der Waals surface area contributed by atoms with Crippen molar-refractivity contribution in [2.24, 2.45) is 0 Å². The zero-order valence-electron chi connectivity index (χ0n) is 28.3. The summed E-state index contributed by atoms with van der Waals surface area (Å²) in [6, 6.07) is 15.1. The molecule has 1 N–H and O–H groups in total. The molecular weight excluding hydrogens is 651 g/mol. The third-order valence-corrected chi connectivity index (χ3v) is 11.1. The van der Waals surface area contributed by atoms with Gasteiger partial charge in [-0.3, -0.25) is 0 Å². The lowest BCUT2D eigenvalue weighted by Gasteiger charge is -2.23. The maximum atomic E-state index is 13.2. The van der Waals surface area contributed by atoms with Gasteiger partial charge in [-0.05, 0) is 70.9 Å². The molecule has 2 aliphatic rings. The fourth-order valence-electron chi connectivity index (χ4n) is 6.16. The van der Waals surface area contributed by atoms with E-state index in [1.165, 1.54) is 12.1 Å². The van der Waals surface area contributed by atoms with Crippen LogP contribution in [0.25, 0.3) is 33.4 Å². The van der Waals surface area contributed by atoms with Crippen LogP contribution in [-0.2, 0) is 24.9 Å². The minimum Gasteiger partial charge on any atom is -0.744 e. The highest BCUT2D eigenvalue weighted by molar-refractivity contribution is 7.89. The van der Waals surface area contributed by atoms with Gasteiger partial charge in [0.25, 0.3) is 0 Å². The van der Waals surface area contributed by atoms with Crippen LogP contribution in [0.3, 0.4) is 0 Å². The number of hydrogen-bond donors (Lipinski definition) is 1. The van der Waals surface area contributed by atoms with Crippen LogP contribution < -0.4 is 19.6 Å². The van der Waals surface area contributed by atoms with Gasteiger partial charge < -0.3 is 18.7 Å². The normalized spacial score (nSPS) is 12.1. The number of aldehydes is 1. The van der Waals surface area contributed by atoms with Crippen molar-refractivity contribution in [3.63, 3.8) is 0 Å². The topological polar surface area (TPSA) is 140 Å². The van der Waals surface area contributed by atoms with E-state index in [4.69, 9.17) is 4.42 Å². The van der Waals surface area contributed by atoms with Crippen LogP contribution in [0.5, 0.6) is 0 Å². The van der Waals surface area contributed by atoms with Crippen molar-refractivity contribution in [1.82, 2.24) is 9.30 Å². The first-order valence-corrected chi connectivity index (χ1v) is 19.7. The van der Waals surface area contributed by atoms with E-state index in [1.54, 1.807) is 0 Å². The second-order valence-electron chi connectivity index (χ2n) is 11.8. The molecule has 0 amide bonds. The average Bonchev–Trinajstić information content (AvgIpc) is 3.06. The van der Waals surface area contributed by atoms with E-state index >= 15 is 0 Å². The van der Waals surface area contributed by atoms with Gasteiger partial charge in [0.1, 0.15) is 40.8 Å². The lowest BCUT2D eigenvalue weighted by molar-refractivity contribution is -0.107. The Labute approximate surface area is 284 Å². The average molecular weight is 698 g/mol. The first-order chi connectivity index (χ1) is 23.0. The molecule has 48 heavy (non-hydrogen) atoms. The van der Waals surface area contributed by atoms with Gasteiger partial charge >= 0.3 is 0 Å². The minimum atomic E-state index is -5.11. The number of sulfonamides is 1. The van der Waals surface area contributed by atoms with E-state index in [0.29, 0.717) is 40.7 Å². The summed E-state index contributed by atoms with van der Waals surface area (Å²) in [6.07, 6.45) is 6.59. The number of nitrogens with one attached hydrogen (secondary N) is 1. The number of nitrogens with zero attached hydrogens (tertiary/aromatic N) is 2. The maximum Gasteiger partial charge on any atom is 0.240 e. The van der Waals surface area contributed by atoms with Crippen molar-refractivity contribution in [3.8, 4) is 22.5 Å². The number of carbonyl (C=O) groups is 1. The van der Waals surface area contributed by atoms with Gasteiger partial charge in [0.05, 0.1) is 15.9 Å². The lowest BCUT2D eigenvalue weighted by atomic mass is 9.93. The summed E-state index contributed by atoms with van der Waals surface area (Å²) in [5.41, 5.74) is 2.62. The van der Waals surface area contributed by atoms with Crippen LogP contribution in [-0.4, -0.2) is 60.4 Å². The Morgan fingerprint density at radius 1 is 0.812 bits per heavy atom. The predicted octanol–water partition coefficient (Wildman–Crippen LogP) is 5.97. The molecule has 0 bridgehead atoms. The Morgan fingerprint density at radius 3 is 2.12 bits per heavy atom. The molecule has 12 heteroatoms. The van der Waals surface area contributed by atoms with Crippen LogP contribution >= 0.6 is 0 Å². The Morgan fingerprint density at radius 2 is 1.48 bits per heavy atom. The Kier molecular flexibility index (Phi) is 12.9. The highest BCUT2D eigenvalue weighted by atomic mass is 32.2. The van der Waals surface area contributed by atoms with Gasteiger partial charge in [0.2, 0.25) is 15.4 Å². The first kappa shape index (κ1) is 37.2. The number of benzene rings is 3. The second kappa shape index (κ2) is 16.7. The molecule has 1 aliphatic heterocycles. The molecule has 0 unspecified atom stereocenters. The van der Waals surface area contributed by atoms with Crippen molar-refractivity contribution in [2.45, 2.75) is 82.4 Å². The highest BCUT2D eigenvalue weighted by Gasteiger charge is 2.25. The van der Waals surface area contributed by atoms with E-state index in [2.05, 4.69) is 41.9 Å². The third kappa shape index (κ3) is 8.71. The van der Waals surface area contributed by atoms with E-state index in [-0.39, 0.29) is 17.0 Å². The van der Waals surface area contributed by atoms with Gasteiger partial charge in [0.15, 0.2) is 0 Å². The number of hydrogen-bond acceptors (Lipinski definition) is 8. The minimum absolute atomic E-state index is 0.107. The summed E-state index contributed by atoms with van der Waals surface area (Å²) in [4.78, 5) is 11.7. The second-order valence-corrected chi connectivity index (χ2v) is 14.9. The van der Waals surface area contributed by atoms with Crippen LogP contribution in [0.4, 0.5) is 5.69 Å². The molecule has 0 saturated heterocycles. The van der Waals surface area contributed by atoms with Crippen LogP contribution in [0.1, 0.15) is 72.6 Å². The predicted molar refractivity (Wildman–Crippen MR) is 190 cm³/mol.